The minimum absolute atomic E-state index is 0.256. The van der Waals surface area contributed by atoms with Gasteiger partial charge in [-0.3, -0.25) is 4.55 Å². The van der Waals surface area contributed by atoms with Gasteiger partial charge in [-0.1, -0.05) is 36.4 Å². The maximum absolute atomic E-state index is 11.2. The lowest BCUT2D eigenvalue weighted by Gasteiger charge is -2.12. The number of unbranched alkanes of at least 4 members (excludes halogenated alkanes) is 1. The molecule has 0 spiro atoms. The number of rotatable bonds is 8. The zero-order valence-electron chi connectivity index (χ0n) is 20.8. The van der Waals surface area contributed by atoms with E-state index in [0.29, 0.717) is 25.3 Å². The van der Waals surface area contributed by atoms with Gasteiger partial charge in [0.15, 0.2) is 5.75 Å². The Hall–Kier alpha value is -3.88. The maximum Gasteiger partial charge on any atom is 0.264 e. The van der Waals surface area contributed by atoms with Gasteiger partial charge in [0.05, 0.1) is 30.0 Å². The molecule has 7 nitrogen and oxygen atoms in total. The lowest BCUT2D eigenvalue weighted by atomic mass is 10.0. The fourth-order valence-electron chi connectivity index (χ4n) is 4.60. The Morgan fingerprint density at radius 2 is 1.78 bits per heavy atom. The predicted octanol–water partition coefficient (Wildman–Crippen LogP) is 5.30. The summed E-state index contributed by atoms with van der Waals surface area (Å²) < 4.78 is 45.2. The average Bonchev–Trinajstić information content (AvgIpc) is 3.21. The van der Waals surface area contributed by atoms with Crippen molar-refractivity contribution in [2.24, 2.45) is 0 Å². The molecule has 1 aromatic heterocycles. The molecule has 0 bridgehead atoms. The van der Waals surface area contributed by atoms with Crippen molar-refractivity contribution in [3.63, 3.8) is 0 Å². The van der Waals surface area contributed by atoms with E-state index in [-0.39, 0.29) is 5.75 Å². The normalized spacial score (nSPS) is 14.1. The summed E-state index contributed by atoms with van der Waals surface area (Å²) in [4.78, 5) is 2.03. The van der Waals surface area contributed by atoms with E-state index in [4.69, 9.17) is 14.0 Å². The van der Waals surface area contributed by atoms with Crippen molar-refractivity contribution in [3.8, 4) is 22.6 Å². The number of hydrogen-bond donors (Lipinski definition) is 1. The molecule has 5 rings (SSSR count). The highest BCUT2D eigenvalue weighted by Crippen LogP contribution is 2.41. The van der Waals surface area contributed by atoms with Crippen LogP contribution in [-0.2, 0) is 16.7 Å². The predicted molar refractivity (Wildman–Crippen MR) is 145 cm³/mol. The molecule has 2 heterocycles. The van der Waals surface area contributed by atoms with Crippen molar-refractivity contribution < 1.29 is 27.0 Å². The molecule has 1 aliphatic rings. The van der Waals surface area contributed by atoms with Gasteiger partial charge in [0.2, 0.25) is 17.1 Å². The second kappa shape index (κ2) is 10.2. The second-order valence-electron chi connectivity index (χ2n) is 9.02. The van der Waals surface area contributed by atoms with E-state index in [1.54, 1.807) is 7.11 Å². The van der Waals surface area contributed by atoms with Crippen LogP contribution in [-0.4, -0.2) is 32.9 Å². The molecule has 3 aromatic carbocycles. The highest BCUT2D eigenvalue weighted by molar-refractivity contribution is 7.85. The zero-order valence-corrected chi connectivity index (χ0v) is 21.6. The molecule has 0 atom stereocenters. The number of anilines is 1. The van der Waals surface area contributed by atoms with E-state index in [0.717, 1.165) is 44.9 Å². The number of fused-ring (bicyclic) bond motifs is 2. The van der Waals surface area contributed by atoms with Crippen LogP contribution in [0.3, 0.4) is 0 Å². The largest absolute Gasteiger partial charge is 0.497 e. The van der Waals surface area contributed by atoms with Gasteiger partial charge in [-0.05, 0) is 47.9 Å². The Morgan fingerprint density at radius 1 is 0.973 bits per heavy atom. The summed E-state index contributed by atoms with van der Waals surface area (Å²) in [5, 5.41) is 1.01. The molecule has 0 fully saturated rings. The number of ether oxygens (including phenoxy) is 2. The molecular weight excluding hydrogens is 488 g/mol. The topological polar surface area (TPSA) is 80.0 Å². The molecule has 0 unspecified atom stereocenters. The first kappa shape index (κ1) is 24.8. The smallest absolute Gasteiger partial charge is 0.264 e. The Morgan fingerprint density at radius 3 is 2.54 bits per heavy atom. The number of benzene rings is 3. The lowest BCUT2D eigenvalue weighted by Crippen LogP contribution is -2.38. The summed E-state index contributed by atoms with van der Waals surface area (Å²) in [5.41, 5.74) is 5.15. The van der Waals surface area contributed by atoms with E-state index in [1.165, 1.54) is 0 Å². The molecule has 4 aromatic rings. The minimum atomic E-state index is -3.98. The maximum atomic E-state index is 11.2. The summed E-state index contributed by atoms with van der Waals surface area (Å²) >= 11 is 0. The van der Waals surface area contributed by atoms with Crippen molar-refractivity contribution in [1.82, 2.24) is 0 Å². The molecule has 1 aliphatic heterocycles. The van der Waals surface area contributed by atoms with Crippen LogP contribution in [0.5, 0.6) is 11.5 Å². The number of aromatic nitrogens is 1. The van der Waals surface area contributed by atoms with Crippen LogP contribution in [0.1, 0.15) is 18.5 Å². The van der Waals surface area contributed by atoms with Crippen LogP contribution in [0.4, 0.5) is 5.69 Å². The molecule has 0 saturated carbocycles. The molecule has 37 heavy (non-hydrogen) atoms. The van der Waals surface area contributed by atoms with Crippen LogP contribution in [0.25, 0.3) is 28.1 Å². The number of hydrogen-bond acceptors (Lipinski definition) is 5. The molecule has 0 radical (unpaired) electrons. The van der Waals surface area contributed by atoms with Gasteiger partial charge >= 0.3 is 0 Å². The van der Waals surface area contributed by atoms with Crippen molar-refractivity contribution in [1.29, 1.82) is 0 Å². The Balaban J connectivity index is 1.49. The first-order valence-electron chi connectivity index (χ1n) is 12.1. The van der Waals surface area contributed by atoms with Gasteiger partial charge in [0.25, 0.3) is 10.1 Å². The van der Waals surface area contributed by atoms with Gasteiger partial charge in [0.1, 0.15) is 12.3 Å². The third-order valence-corrected chi connectivity index (χ3v) is 7.35. The van der Waals surface area contributed by atoms with E-state index < -0.39 is 10.1 Å². The number of aryl methyl sites for hydroxylation is 1. The zero-order chi connectivity index (χ0) is 26.0. The highest BCUT2D eigenvalue weighted by Gasteiger charge is 2.26. The molecule has 0 aliphatic carbocycles. The van der Waals surface area contributed by atoms with Crippen LogP contribution >= 0.6 is 0 Å². The number of nitrogens with zero attached hydrogens (tertiary/aromatic N) is 2. The fourth-order valence-corrected chi connectivity index (χ4v) is 5.17. The summed E-state index contributed by atoms with van der Waals surface area (Å²) in [6.45, 7) is 0.577. The van der Waals surface area contributed by atoms with Crippen molar-refractivity contribution in [2.75, 3.05) is 24.8 Å². The van der Waals surface area contributed by atoms with Crippen LogP contribution in [0.15, 0.2) is 84.7 Å². The van der Waals surface area contributed by atoms with E-state index >= 15 is 0 Å². The van der Waals surface area contributed by atoms with Crippen LogP contribution in [0.2, 0.25) is 0 Å². The quantitative estimate of drug-likeness (QED) is 0.194. The van der Waals surface area contributed by atoms with Gasteiger partial charge in [-0.15, -0.1) is 0 Å². The number of pyridine rings is 1. The van der Waals surface area contributed by atoms with Gasteiger partial charge in [0, 0.05) is 25.6 Å². The third kappa shape index (κ3) is 5.45. The third-order valence-electron chi connectivity index (χ3n) is 6.55. The van der Waals surface area contributed by atoms with Crippen molar-refractivity contribution in [2.45, 2.75) is 19.4 Å². The standard InChI is InChI=1S/C29H28N2O5S/c1-30-27-19-22(21-8-4-3-5-9-21)11-15-28(27)36-29(30)20-24-12-10-23-18-25(35-2)13-14-26(23)31(24)16-6-7-17-37(32,33)34/h3-5,8-15,18-20H,6-7,16-17H2,1-2H3/p+1. The summed E-state index contributed by atoms with van der Waals surface area (Å²) in [7, 11) is -0.367. The molecule has 0 amide bonds. The SMILES string of the molecule is COc1ccc2c(ccc(/C=C3\Oc4ccc(-c5ccccc5)cc4N3C)[n+]2CCCCS(=O)(=O)O)c1. The fraction of sp³-hybridized carbons (Fsp3) is 0.207. The molecule has 190 valence electrons. The minimum Gasteiger partial charge on any atom is -0.497 e. The highest BCUT2D eigenvalue weighted by atomic mass is 32.2. The van der Waals surface area contributed by atoms with Crippen molar-refractivity contribution in [3.05, 3.63) is 90.4 Å². The summed E-state index contributed by atoms with van der Waals surface area (Å²) in [6.07, 6.45) is 2.94. The Kier molecular flexibility index (Phi) is 6.86. The summed E-state index contributed by atoms with van der Waals surface area (Å²) in [5.74, 6) is 1.99. The Bertz CT molecular complexity index is 1580. The molecule has 0 saturated heterocycles. The average molecular weight is 518 g/mol. The lowest BCUT2D eigenvalue weighted by molar-refractivity contribution is -0.673. The van der Waals surface area contributed by atoms with Gasteiger partial charge in [-0.25, -0.2) is 0 Å². The monoisotopic (exact) mass is 517 g/mol. The van der Waals surface area contributed by atoms with Gasteiger partial charge in [-0.2, -0.15) is 13.0 Å². The summed E-state index contributed by atoms with van der Waals surface area (Å²) in [6, 6.07) is 26.3. The van der Waals surface area contributed by atoms with Crippen LogP contribution in [0, 0.1) is 0 Å². The van der Waals surface area contributed by atoms with E-state index in [2.05, 4.69) is 28.8 Å². The molecule has 8 heteroatoms. The Labute approximate surface area is 216 Å². The first-order chi connectivity index (χ1) is 17.8. The molecular formula is C29H29N2O5S+. The second-order valence-corrected chi connectivity index (χ2v) is 10.6. The number of methoxy groups -OCH3 is 1. The van der Waals surface area contributed by atoms with Gasteiger partial charge < -0.3 is 14.4 Å². The van der Waals surface area contributed by atoms with E-state index in [1.807, 2.05) is 72.6 Å². The van der Waals surface area contributed by atoms with Crippen LogP contribution < -0.4 is 18.9 Å². The van der Waals surface area contributed by atoms with E-state index in [9.17, 15) is 8.42 Å². The molecule has 1 N–H and O–H groups in total. The first-order valence-corrected chi connectivity index (χ1v) is 13.7. The van der Waals surface area contributed by atoms with Crippen molar-refractivity contribution >= 4 is 32.8 Å².